The number of hydrogen-bond donors (Lipinski definition) is 1. The molecule has 1 amide bonds. The molecule has 0 spiro atoms. The van der Waals surface area contributed by atoms with Gasteiger partial charge in [0.05, 0.1) is 17.1 Å². The van der Waals surface area contributed by atoms with Gasteiger partial charge in [-0.25, -0.2) is 4.98 Å². The van der Waals surface area contributed by atoms with Crippen molar-refractivity contribution in [2.45, 2.75) is 23.8 Å². The number of para-hydroxylation sites is 2. The van der Waals surface area contributed by atoms with Gasteiger partial charge in [-0.15, -0.1) is 0 Å². The highest BCUT2D eigenvalue weighted by molar-refractivity contribution is 7.98. The van der Waals surface area contributed by atoms with E-state index < -0.39 is 0 Å². The van der Waals surface area contributed by atoms with Gasteiger partial charge < -0.3 is 19.2 Å². The molecule has 1 saturated heterocycles. The van der Waals surface area contributed by atoms with Crippen molar-refractivity contribution >= 4 is 29.0 Å². The molecule has 2 aromatic heterocycles. The standard InChI is InChI=1S/C20H22N4O2S/c1-23-13-10-21-20(23)27-14-15-8-9-18(26-15)19(25)22-16-6-2-3-7-17(16)24-11-4-5-12-24/h2-3,6-10,13H,4-5,11-12,14H2,1H3,(H,22,25). The van der Waals surface area contributed by atoms with Crippen molar-refractivity contribution in [2.24, 2.45) is 7.05 Å². The summed E-state index contributed by atoms with van der Waals surface area (Å²) >= 11 is 1.57. The van der Waals surface area contributed by atoms with E-state index in [1.165, 1.54) is 12.8 Å². The molecule has 0 radical (unpaired) electrons. The number of imidazole rings is 1. The first-order chi connectivity index (χ1) is 13.2. The van der Waals surface area contributed by atoms with E-state index in [1.807, 2.05) is 42.1 Å². The molecule has 1 aliphatic rings. The average molecular weight is 382 g/mol. The van der Waals surface area contributed by atoms with Crippen LogP contribution < -0.4 is 10.2 Å². The molecule has 0 bridgehead atoms. The first-order valence-electron chi connectivity index (χ1n) is 9.05. The third-order valence-electron chi connectivity index (χ3n) is 4.60. The Kier molecular flexibility index (Phi) is 5.20. The Morgan fingerprint density at radius 2 is 2.04 bits per heavy atom. The molecule has 1 aromatic carbocycles. The van der Waals surface area contributed by atoms with Crippen molar-refractivity contribution in [2.75, 3.05) is 23.3 Å². The van der Waals surface area contributed by atoms with E-state index in [9.17, 15) is 4.79 Å². The molecule has 0 aliphatic carbocycles. The fourth-order valence-electron chi connectivity index (χ4n) is 3.20. The van der Waals surface area contributed by atoms with E-state index in [-0.39, 0.29) is 5.91 Å². The summed E-state index contributed by atoms with van der Waals surface area (Å²) in [5.41, 5.74) is 1.89. The number of nitrogens with one attached hydrogen (secondary N) is 1. The largest absolute Gasteiger partial charge is 0.455 e. The van der Waals surface area contributed by atoms with Gasteiger partial charge in [0, 0.05) is 32.5 Å². The van der Waals surface area contributed by atoms with E-state index in [2.05, 4.69) is 21.3 Å². The van der Waals surface area contributed by atoms with Crippen LogP contribution in [0.2, 0.25) is 0 Å². The summed E-state index contributed by atoms with van der Waals surface area (Å²) in [6.45, 7) is 2.06. The summed E-state index contributed by atoms with van der Waals surface area (Å²) in [7, 11) is 1.95. The summed E-state index contributed by atoms with van der Waals surface area (Å²) in [6, 6.07) is 11.5. The summed E-state index contributed by atoms with van der Waals surface area (Å²) in [4.78, 5) is 19.2. The second-order valence-electron chi connectivity index (χ2n) is 6.54. The van der Waals surface area contributed by atoms with Crippen molar-refractivity contribution in [1.29, 1.82) is 0 Å². The molecule has 3 heterocycles. The molecule has 1 aliphatic heterocycles. The number of carbonyl (C=O) groups is 1. The molecule has 4 rings (SSSR count). The van der Waals surface area contributed by atoms with Gasteiger partial charge in [-0.1, -0.05) is 23.9 Å². The Morgan fingerprint density at radius 3 is 2.81 bits per heavy atom. The summed E-state index contributed by atoms with van der Waals surface area (Å²) < 4.78 is 7.69. The Hall–Kier alpha value is -2.67. The fraction of sp³-hybridized carbons (Fsp3) is 0.300. The van der Waals surface area contributed by atoms with Crippen molar-refractivity contribution in [3.63, 3.8) is 0 Å². The van der Waals surface area contributed by atoms with Crippen LogP contribution in [0.4, 0.5) is 11.4 Å². The molecule has 0 unspecified atom stereocenters. The predicted octanol–water partition coefficient (Wildman–Crippen LogP) is 4.16. The molecule has 140 valence electrons. The number of anilines is 2. The molecule has 6 nitrogen and oxygen atoms in total. The fourth-order valence-corrected chi connectivity index (χ4v) is 4.03. The lowest BCUT2D eigenvalue weighted by molar-refractivity contribution is 0.0995. The lowest BCUT2D eigenvalue weighted by Gasteiger charge is -2.21. The van der Waals surface area contributed by atoms with E-state index in [4.69, 9.17) is 4.42 Å². The Morgan fingerprint density at radius 1 is 1.22 bits per heavy atom. The van der Waals surface area contributed by atoms with Crippen LogP contribution in [0, 0.1) is 0 Å². The van der Waals surface area contributed by atoms with Crippen molar-refractivity contribution < 1.29 is 9.21 Å². The van der Waals surface area contributed by atoms with E-state index in [1.54, 1.807) is 24.0 Å². The number of hydrogen-bond acceptors (Lipinski definition) is 5. The van der Waals surface area contributed by atoms with Crippen molar-refractivity contribution in [1.82, 2.24) is 9.55 Å². The molecule has 1 N–H and O–H groups in total. The number of amides is 1. The van der Waals surface area contributed by atoms with Crippen LogP contribution in [-0.2, 0) is 12.8 Å². The average Bonchev–Trinajstić information content (AvgIpc) is 3.43. The third kappa shape index (κ3) is 4.03. The monoisotopic (exact) mass is 382 g/mol. The molecule has 1 fully saturated rings. The summed E-state index contributed by atoms with van der Waals surface area (Å²) in [5, 5.41) is 3.91. The van der Waals surface area contributed by atoms with Gasteiger partial charge in [-0.2, -0.15) is 0 Å². The molecule has 27 heavy (non-hydrogen) atoms. The number of aromatic nitrogens is 2. The van der Waals surface area contributed by atoms with Crippen LogP contribution in [0.3, 0.4) is 0 Å². The molecular weight excluding hydrogens is 360 g/mol. The Bertz CT molecular complexity index is 927. The predicted molar refractivity (Wildman–Crippen MR) is 107 cm³/mol. The zero-order valence-corrected chi connectivity index (χ0v) is 16.0. The number of rotatable bonds is 6. The van der Waals surface area contributed by atoms with Gasteiger partial charge in [0.1, 0.15) is 5.76 Å². The molecule has 3 aromatic rings. The smallest absolute Gasteiger partial charge is 0.291 e. The highest BCUT2D eigenvalue weighted by Gasteiger charge is 2.18. The molecule has 0 atom stereocenters. The van der Waals surface area contributed by atoms with Gasteiger partial charge in [0.2, 0.25) is 0 Å². The van der Waals surface area contributed by atoms with Crippen LogP contribution in [0.1, 0.15) is 29.2 Å². The number of furan rings is 1. The van der Waals surface area contributed by atoms with Gasteiger partial charge >= 0.3 is 0 Å². The quantitative estimate of drug-likeness (QED) is 0.649. The SMILES string of the molecule is Cn1ccnc1SCc1ccc(C(=O)Nc2ccccc2N2CCCC2)o1. The maximum atomic E-state index is 12.6. The first kappa shape index (κ1) is 17.7. The zero-order chi connectivity index (χ0) is 18.6. The van der Waals surface area contributed by atoms with E-state index in [0.717, 1.165) is 35.4 Å². The molecule has 0 saturated carbocycles. The topological polar surface area (TPSA) is 63.3 Å². The first-order valence-corrected chi connectivity index (χ1v) is 10.0. The van der Waals surface area contributed by atoms with Crippen LogP contribution >= 0.6 is 11.8 Å². The maximum absolute atomic E-state index is 12.6. The van der Waals surface area contributed by atoms with Crippen molar-refractivity contribution in [3.05, 3.63) is 60.3 Å². The zero-order valence-electron chi connectivity index (χ0n) is 15.2. The van der Waals surface area contributed by atoms with Crippen LogP contribution in [0.25, 0.3) is 0 Å². The van der Waals surface area contributed by atoms with Gasteiger partial charge in [0.25, 0.3) is 5.91 Å². The van der Waals surface area contributed by atoms with Gasteiger partial charge in [-0.3, -0.25) is 4.79 Å². The highest BCUT2D eigenvalue weighted by atomic mass is 32.2. The lowest BCUT2D eigenvalue weighted by atomic mass is 10.2. The summed E-state index contributed by atoms with van der Waals surface area (Å²) in [5.74, 6) is 1.47. The maximum Gasteiger partial charge on any atom is 0.291 e. The number of thioether (sulfide) groups is 1. The van der Waals surface area contributed by atoms with Crippen LogP contribution in [0.5, 0.6) is 0 Å². The Balaban J connectivity index is 1.42. The number of carbonyl (C=O) groups excluding carboxylic acids is 1. The van der Waals surface area contributed by atoms with Crippen LogP contribution in [0.15, 0.2) is 58.4 Å². The number of benzene rings is 1. The molecular formula is C20H22N4O2S. The van der Waals surface area contributed by atoms with E-state index >= 15 is 0 Å². The third-order valence-corrected chi connectivity index (χ3v) is 5.69. The minimum Gasteiger partial charge on any atom is -0.455 e. The minimum absolute atomic E-state index is 0.227. The lowest BCUT2D eigenvalue weighted by Crippen LogP contribution is -2.20. The highest BCUT2D eigenvalue weighted by Crippen LogP contribution is 2.29. The Labute approximate surface area is 162 Å². The van der Waals surface area contributed by atoms with Crippen molar-refractivity contribution in [3.8, 4) is 0 Å². The normalized spacial score (nSPS) is 13.9. The second kappa shape index (κ2) is 7.92. The molecule has 7 heteroatoms. The second-order valence-corrected chi connectivity index (χ2v) is 7.48. The van der Waals surface area contributed by atoms with Gasteiger partial charge in [0.15, 0.2) is 10.9 Å². The summed E-state index contributed by atoms with van der Waals surface area (Å²) in [6.07, 6.45) is 6.05. The van der Waals surface area contributed by atoms with Crippen LogP contribution in [-0.4, -0.2) is 28.5 Å². The number of nitrogens with zero attached hydrogens (tertiary/aromatic N) is 3. The van der Waals surface area contributed by atoms with Gasteiger partial charge in [-0.05, 0) is 37.1 Å². The van der Waals surface area contributed by atoms with E-state index in [0.29, 0.717) is 11.5 Å². The number of aryl methyl sites for hydroxylation is 1. The minimum atomic E-state index is -0.227.